The zero-order valence-corrected chi connectivity index (χ0v) is 15.5. The monoisotopic (exact) mass is 371 g/mol. The number of guanidine groups is 1. The van der Waals surface area contributed by atoms with Gasteiger partial charge in [-0.3, -0.25) is 9.79 Å². The number of likely N-dealkylation sites (tertiary alicyclic amines) is 1. The Morgan fingerprint density at radius 1 is 1.29 bits per heavy atom. The molecule has 7 heteroatoms. The van der Waals surface area contributed by atoms with Crippen LogP contribution in [0, 0.1) is 5.92 Å². The molecule has 0 aromatic heterocycles. The highest BCUT2D eigenvalue weighted by Crippen LogP contribution is 2.20. The molecule has 0 unspecified atom stereocenters. The zero-order chi connectivity index (χ0) is 17.5. The Hall–Kier alpha value is -1.46. The summed E-state index contributed by atoms with van der Waals surface area (Å²) in [6.45, 7) is 2.32. The predicted molar refractivity (Wildman–Crippen MR) is 97.8 cm³/mol. The van der Waals surface area contributed by atoms with Gasteiger partial charge >= 0.3 is 5.97 Å². The normalized spacial score (nSPS) is 16.2. The number of nitrogens with zero attached hydrogens (tertiary/aromatic N) is 2. The number of nitrogens with one attached hydrogen (secondary N) is 1. The van der Waals surface area contributed by atoms with E-state index in [4.69, 9.17) is 27.9 Å². The highest BCUT2D eigenvalue weighted by molar-refractivity contribution is 6.34. The van der Waals surface area contributed by atoms with Gasteiger partial charge in [-0.15, -0.1) is 0 Å². The highest BCUT2D eigenvalue weighted by Gasteiger charge is 2.26. The van der Waals surface area contributed by atoms with Crippen molar-refractivity contribution >= 4 is 35.1 Å². The molecular formula is C17H23Cl2N3O2. The summed E-state index contributed by atoms with van der Waals surface area (Å²) in [5, 5.41) is 4.65. The summed E-state index contributed by atoms with van der Waals surface area (Å²) in [6.07, 6.45) is 2.38. The van der Waals surface area contributed by atoms with Gasteiger partial charge in [0.15, 0.2) is 5.96 Å². The summed E-state index contributed by atoms with van der Waals surface area (Å²) in [5.41, 5.74) is 1.08. The largest absolute Gasteiger partial charge is 0.469 e. The van der Waals surface area contributed by atoms with Crippen LogP contribution in [0.15, 0.2) is 23.2 Å². The summed E-state index contributed by atoms with van der Waals surface area (Å²) < 4.78 is 4.82. The molecule has 1 saturated heterocycles. The molecule has 1 aromatic carbocycles. The van der Waals surface area contributed by atoms with E-state index in [0.29, 0.717) is 10.0 Å². The molecule has 0 aliphatic carbocycles. The van der Waals surface area contributed by atoms with Crippen LogP contribution in [0.1, 0.15) is 18.4 Å². The van der Waals surface area contributed by atoms with Gasteiger partial charge in [0.1, 0.15) is 0 Å². The highest BCUT2D eigenvalue weighted by atomic mass is 35.5. The van der Waals surface area contributed by atoms with Gasteiger partial charge in [0.2, 0.25) is 0 Å². The Labute approximate surface area is 153 Å². The SMILES string of the molecule is CN=C(NCCc1cc(Cl)cc(Cl)c1)N1CCC(C(=O)OC)CC1. The summed E-state index contributed by atoms with van der Waals surface area (Å²) in [4.78, 5) is 18.1. The van der Waals surface area contributed by atoms with Crippen LogP contribution < -0.4 is 5.32 Å². The van der Waals surface area contributed by atoms with Crippen LogP contribution in [0.5, 0.6) is 0 Å². The van der Waals surface area contributed by atoms with Crippen LogP contribution in [-0.4, -0.2) is 50.6 Å². The first-order chi connectivity index (χ1) is 11.5. The summed E-state index contributed by atoms with van der Waals surface area (Å²) in [5.74, 6) is 0.736. The summed E-state index contributed by atoms with van der Waals surface area (Å²) >= 11 is 12.0. The third kappa shape index (κ3) is 5.28. The minimum absolute atomic E-state index is 0.00189. The van der Waals surface area contributed by atoms with Crippen LogP contribution >= 0.6 is 23.2 Å². The third-order valence-electron chi connectivity index (χ3n) is 4.16. The molecule has 132 valence electrons. The molecule has 0 spiro atoms. The molecule has 5 nitrogen and oxygen atoms in total. The van der Waals surface area contributed by atoms with Crippen molar-refractivity contribution in [3.05, 3.63) is 33.8 Å². The maximum absolute atomic E-state index is 11.6. The first-order valence-electron chi connectivity index (χ1n) is 8.02. The molecule has 1 fully saturated rings. The second-order valence-electron chi connectivity index (χ2n) is 5.79. The lowest BCUT2D eigenvalue weighted by Gasteiger charge is -2.33. The quantitative estimate of drug-likeness (QED) is 0.502. The van der Waals surface area contributed by atoms with Gasteiger partial charge < -0.3 is 15.0 Å². The molecular weight excluding hydrogens is 349 g/mol. The minimum Gasteiger partial charge on any atom is -0.469 e. The van der Waals surface area contributed by atoms with E-state index >= 15 is 0 Å². The van der Waals surface area contributed by atoms with Crippen molar-refractivity contribution in [2.45, 2.75) is 19.3 Å². The molecule has 2 rings (SSSR count). The lowest BCUT2D eigenvalue weighted by Crippen LogP contribution is -2.47. The molecule has 24 heavy (non-hydrogen) atoms. The summed E-state index contributed by atoms with van der Waals surface area (Å²) in [7, 11) is 3.21. The van der Waals surface area contributed by atoms with Gasteiger partial charge in [0, 0.05) is 36.7 Å². The van der Waals surface area contributed by atoms with Gasteiger partial charge in [-0.05, 0) is 43.0 Å². The molecule has 1 aliphatic rings. The van der Waals surface area contributed by atoms with Crippen LogP contribution in [0.2, 0.25) is 10.0 Å². The van der Waals surface area contributed by atoms with E-state index < -0.39 is 0 Å². The number of methoxy groups -OCH3 is 1. The fourth-order valence-corrected chi connectivity index (χ4v) is 3.47. The third-order valence-corrected chi connectivity index (χ3v) is 4.60. The topological polar surface area (TPSA) is 53.9 Å². The molecule has 1 N–H and O–H groups in total. The van der Waals surface area contributed by atoms with E-state index in [-0.39, 0.29) is 11.9 Å². The number of piperidine rings is 1. The van der Waals surface area contributed by atoms with E-state index in [1.54, 1.807) is 13.1 Å². The van der Waals surface area contributed by atoms with Gasteiger partial charge in [-0.25, -0.2) is 0 Å². The molecule has 0 amide bonds. The minimum atomic E-state index is -0.115. The van der Waals surface area contributed by atoms with E-state index in [1.807, 2.05) is 12.1 Å². The van der Waals surface area contributed by atoms with Crippen molar-refractivity contribution < 1.29 is 9.53 Å². The van der Waals surface area contributed by atoms with Gasteiger partial charge in [-0.1, -0.05) is 23.2 Å². The maximum atomic E-state index is 11.6. The zero-order valence-electron chi connectivity index (χ0n) is 14.0. The van der Waals surface area contributed by atoms with Crippen LogP contribution in [0.25, 0.3) is 0 Å². The number of hydrogen-bond donors (Lipinski definition) is 1. The van der Waals surface area contributed by atoms with Crippen molar-refractivity contribution in [2.75, 3.05) is 33.8 Å². The van der Waals surface area contributed by atoms with E-state index in [9.17, 15) is 4.79 Å². The Balaban J connectivity index is 1.82. The number of benzene rings is 1. The van der Waals surface area contributed by atoms with Gasteiger partial charge in [-0.2, -0.15) is 0 Å². The lowest BCUT2D eigenvalue weighted by molar-refractivity contribution is -0.146. The van der Waals surface area contributed by atoms with Crippen molar-refractivity contribution in [2.24, 2.45) is 10.9 Å². The molecule has 0 bridgehead atoms. The van der Waals surface area contributed by atoms with Crippen molar-refractivity contribution in [1.82, 2.24) is 10.2 Å². The Morgan fingerprint density at radius 2 is 1.92 bits per heavy atom. The van der Waals surface area contributed by atoms with Crippen molar-refractivity contribution in [1.29, 1.82) is 0 Å². The van der Waals surface area contributed by atoms with Gasteiger partial charge in [0.05, 0.1) is 13.0 Å². The van der Waals surface area contributed by atoms with E-state index in [2.05, 4.69) is 15.2 Å². The fraction of sp³-hybridized carbons (Fsp3) is 0.529. The maximum Gasteiger partial charge on any atom is 0.308 e. The standard InChI is InChI=1S/C17H23Cl2N3O2/c1-20-17(22-7-4-13(5-8-22)16(23)24-2)21-6-3-12-9-14(18)11-15(19)10-12/h9-11,13H,3-8H2,1-2H3,(H,20,21). The molecule has 0 saturated carbocycles. The number of rotatable bonds is 4. The number of carbonyl (C=O) groups is 1. The first-order valence-corrected chi connectivity index (χ1v) is 8.77. The van der Waals surface area contributed by atoms with Crippen LogP contribution in [-0.2, 0) is 16.0 Å². The average molecular weight is 372 g/mol. The van der Waals surface area contributed by atoms with Crippen LogP contribution in [0.3, 0.4) is 0 Å². The fourth-order valence-electron chi connectivity index (χ4n) is 2.90. The van der Waals surface area contributed by atoms with E-state index in [1.165, 1.54) is 7.11 Å². The Bertz CT molecular complexity index is 579. The molecule has 1 aliphatic heterocycles. The van der Waals surface area contributed by atoms with Crippen molar-refractivity contribution in [3.8, 4) is 0 Å². The average Bonchev–Trinajstić information content (AvgIpc) is 2.57. The predicted octanol–water partition coefficient (Wildman–Crippen LogP) is 3.00. The number of hydrogen-bond acceptors (Lipinski definition) is 3. The molecule has 0 radical (unpaired) electrons. The Kier molecular flexibility index (Phi) is 7.18. The smallest absolute Gasteiger partial charge is 0.308 e. The molecule has 1 aromatic rings. The van der Waals surface area contributed by atoms with Crippen LogP contribution in [0.4, 0.5) is 0 Å². The van der Waals surface area contributed by atoms with Crippen molar-refractivity contribution in [3.63, 3.8) is 0 Å². The Morgan fingerprint density at radius 3 is 2.46 bits per heavy atom. The number of aliphatic imine (C=N–C) groups is 1. The molecule has 1 heterocycles. The second kappa shape index (κ2) is 9.14. The lowest BCUT2D eigenvalue weighted by atomic mass is 9.97. The number of ether oxygens (including phenoxy) is 1. The summed E-state index contributed by atoms with van der Waals surface area (Å²) in [6, 6.07) is 5.56. The second-order valence-corrected chi connectivity index (χ2v) is 6.66. The van der Waals surface area contributed by atoms with E-state index in [0.717, 1.165) is 50.4 Å². The van der Waals surface area contributed by atoms with Gasteiger partial charge in [0.25, 0.3) is 0 Å². The number of esters is 1. The first kappa shape index (κ1) is 18.9. The number of carbonyl (C=O) groups excluding carboxylic acids is 1. The number of halogens is 2. The molecule has 0 atom stereocenters.